The molecule has 1 aromatic heterocycles. The minimum Gasteiger partial charge on any atom is -0.494 e. The molecule has 1 unspecified atom stereocenters. The number of benzene rings is 1. The number of hydrogen-bond acceptors (Lipinski definition) is 7. The Morgan fingerprint density at radius 3 is 2.66 bits per heavy atom. The third kappa shape index (κ3) is 2.87. The van der Waals surface area contributed by atoms with Gasteiger partial charge in [-0.15, -0.1) is 0 Å². The molecule has 1 aromatic carbocycles. The highest BCUT2D eigenvalue weighted by Crippen LogP contribution is 2.39. The van der Waals surface area contributed by atoms with E-state index in [2.05, 4.69) is 5.10 Å². The fourth-order valence-electron chi connectivity index (χ4n) is 3.52. The number of rotatable bonds is 3. The molecular weight excluding hydrogens is 380 g/mol. The van der Waals surface area contributed by atoms with Crippen LogP contribution >= 0.6 is 0 Å². The van der Waals surface area contributed by atoms with Crippen LogP contribution < -0.4 is 20.7 Å². The summed E-state index contributed by atoms with van der Waals surface area (Å²) in [5.74, 6) is 0.474. The van der Waals surface area contributed by atoms with Crippen molar-refractivity contribution < 1.29 is 19.4 Å². The van der Waals surface area contributed by atoms with Crippen LogP contribution in [0.4, 0.5) is 0 Å². The first-order chi connectivity index (χ1) is 13.8. The van der Waals surface area contributed by atoms with Gasteiger partial charge in [0.25, 0.3) is 5.56 Å². The van der Waals surface area contributed by atoms with Crippen molar-refractivity contribution in [1.82, 2.24) is 14.1 Å². The Bertz CT molecular complexity index is 1160. The van der Waals surface area contributed by atoms with Crippen LogP contribution in [0, 0.1) is 0 Å². The Hall–Kier alpha value is -3.56. The van der Waals surface area contributed by atoms with Gasteiger partial charge in [0.15, 0.2) is 11.5 Å². The van der Waals surface area contributed by atoms with E-state index < -0.39 is 23.2 Å². The van der Waals surface area contributed by atoms with Crippen molar-refractivity contribution in [2.24, 2.45) is 19.2 Å². The Morgan fingerprint density at radius 1 is 1.21 bits per heavy atom. The Balaban J connectivity index is 1.81. The maximum Gasteiger partial charge on any atom is 0.333 e. The maximum absolute atomic E-state index is 12.7. The molecule has 0 radical (unpaired) electrons. The normalized spacial score (nSPS) is 17.6. The predicted molar refractivity (Wildman–Crippen MR) is 102 cm³/mol. The van der Waals surface area contributed by atoms with Gasteiger partial charge in [0, 0.05) is 26.9 Å². The molecule has 0 aliphatic carbocycles. The van der Waals surface area contributed by atoms with E-state index in [1.807, 2.05) is 6.07 Å². The molecular formula is C19H20N4O6. The molecule has 3 heterocycles. The van der Waals surface area contributed by atoms with Gasteiger partial charge < -0.3 is 14.6 Å². The Labute approximate surface area is 165 Å². The number of carbonyl (C=O) groups excluding carboxylic acids is 1. The van der Waals surface area contributed by atoms with Crippen molar-refractivity contribution >= 4 is 11.6 Å². The summed E-state index contributed by atoms with van der Waals surface area (Å²) in [6, 6.07) is 4.87. The third-order valence-corrected chi connectivity index (χ3v) is 5.17. The van der Waals surface area contributed by atoms with Crippen molar-refractivity contribution in [2.75, 3.05) is 6.79 Å². The Morgan fingerprint density at radius 2 is 1.93 bits per heavy atom. The zero-order chi connectivity index (χ0) is 20.9. The van der Waals surface area contributed by atoms with Crippen molar-refractivity contribution in [3.05, 3.63) is 50.2 Å². The highest BCUT2D eigenvalue weighted by atomic mass is 16.7. The van der Waals surface area contributed by atoms with Crippen molar-refractivity contribution in [3.8, 4) is 17.4 Å². The highest BCUT2D eigenvalue weighted by Gasteiger charge is 2.36. The van der Waals surface area contributed by atoms with Gasteiger partial charge in [0.05, 0.1) is 11.8 Å². The van der Waals surface area contributed by atoms with Crippen LogP contribution in [0.1, 0.15) is 36.9 Å². The number of hydrogen-bond donors (Lipinski definition) is 1. The number of ether oxygens (including phenoxy) is 2. The molecule has 10 heteroatoms. The monoisotopic (exact) mass is 400 g/mol. The third-order valence-electron chi connectivity index (χ3n) is 5.17. The molecule has 0 saturated heterocycles. The molecule has 0 bridgehead atoms. The van der Waals surface area contributed by atoms with Crippen molar-refractivity contribution in [3.63, 3.8) is 0 Å². The first kappa shape index (κ1) is 18.8. The summed E-state index contributed by atoms with van der Waals surface area (Å²) >= 11 is 0. The van der Waals surface area contributed by atoms with Crippen LogP contribution in [0.3, 0.4) is 0 Å². The summed E-state index contributed by atoms with van der Waals surface area (Å²) in [7, 11) is 2.69. The van der Waals surface area contributed by atoms with E-state index in [0.717, 1.165) is 14.7 Å². The minimum atomic E-state index is -0.667. The van der Waals surface area contributed by atoms with Gasteiger partial charge in [0.2, 0.25) is 18.6 Å². The smallest absolute Gasteiger partial charge is 0.333 e. The van der Waals surface area contributed by atoms with Crippen LogP contribution in [0.2, 0.25) is 0 Å². The number of nitrogens with zero attached hydrogens (tertiary/aromatic N) is 4. The van der Waals surface area contributed by atoms with E-state index in [0.29, 0.717) is 11.5 Å². The summed E-state index contributed by atoms with van der Waals surface area (Å²) in [6.45, 7) is 1.85. The predicted octanol–water partition coefficient (Wildman–Crippen LogP) is 0.606. The first-order valence-corrected chi connectivity index (χ1v) is 9.12. The van der Waals surface area contributed by atoms with Gasteiger partial charge >= 0.3 is 5.69 Å². The second-order valence-electron chi connectivity index (χ2n) is 6.88. The zero-order valence-corrected chi connectivity index (χ0v) is 16.2. The van der Waals surface area contributed by atoms with Crippen LogP contribution in [0.25, 0.3) is 0 Å². The van der Waals surface area contributed by atoms with Gasteiger partial charge in [-0.3, -0.25) is 18.7 Å². The first-order valence-electron chi connectivity index (χ1n) is 9.12. The summed E-state index contributed by atoms with van der Waals surface area (Å²) in [6.07, 6.45) is 0.418. The van der Waals surface area contributed by atoms with E-state index >= 15 is 0 Å². The fourth-order valence-corrected chi connectivity index (χ4v) is 3.52. The number of aromatic hydroxyl groups is 1. The van der Waals surface area contributed by atoms with Crippen LogP contribution in [0.15, 0.2) is 32.9 Å². The molecule has 2 aliphatic rings. The fraction of sp³-hybridized carbons (Fsp3) is 0.368. The van der Waals surface area contributed by atoms with Gasteiger partial charge in [-0.05, 0) is 17.7 Å². The molecule has 10 nitrogen and oxygen atoms in total. The lowest BCUT2D eigenvalue weighted by Crippen LogP contribution is -2.39. The van der Waals surface area contributed by atoms with Gasteiger partial charge in [-0.25, -0.2) is 9.80 Å². The molecule has 4 rings (SSSR count). The van der Waals surface area contributed by atoms with Crippen LogP contribution in [-0.2, 0) is 18.9 Å². The topological polar surface area (TPSA) is 115 Å². The molecule has 2 aromatic rings. The molecule has 1 amide bonds. The Kier molecular flexibility index (Phi) is 4.40. The molecule has 0 saturated carbocycles. The lowest BCUT2D eigenvalue weighted by atomic mass is 9.98. The van der Waals surface area contributed by atoms with Gasteiger partial charge in [-0.2, -0.15) is 5.10 Å². The van der Waals surface area contributed by atoms with E-state index in [-0.39, 0.29) is 36.8 Å². The number of aromatic nitrogens is 2. The highest BCUT2D eigenvalue weighted by molar-refractivity contribution is 6.04. The summed E-state index contributed by atoms with van der Waals surface area (Å²) in [4.78, 5) is 37.2. The number of hydrazone groups is 1. The summed E-state index contributed by atoms with van der Waals surface area (Å²) in [5, 5.41) is 16.1. The molecule has 2 aliphatic heterocycles. The van der Waals surface area contributed by atoms with Crippen LogP contribution in [0.5, 0.6) is 17.4 Å². The summed E-state index contributed by atoms with van der Waals surface area (Å²) < 4.78 is 12.6. The maximum atomic E-state index is 12.7. The second kappa shape index (κ2) is 6.80. The largest absolute Gasteiger partial charge is 0.494 e. The number of fused-ring (bicyclic) bond motifs is 1. The van der Waals surface area contributed by atoms with E-state index in [4.69, 9.17) is 9.47 Å². The zero-order valence-electron chi connectivity index (χ0n) is 16.2. The van der Waals surface area contributed by atoms with Crippen molar-refractivity contribution in [2.45, 2.75) is 25.8 Å². The molecule has 1 N–H and O–H groups in total. The molecule has 152 valence electrons. The van der Waals surface area contributed by atoms with Crippen LogP contribution in [-0.4, -0.2) is 37.7 Å². The molecule has 0 spiro atoms. The van der Waals surface area contributed by atoms with Gasteiger partial charge in [-0.1, -0.05) is 13.0 Å². The number of carbonyl (C=O) groups is 1. The van der Waals surface area contributed by atoms with Crippen molar-refractivity contribution in [1.29, 1.82) is 0 Å². The molecule has 29 heavy (non-hydrogen) atoms. The second-order valence-corrected chi connectivity index (χ2v) is 6.88. The molecule has 1 atom stereocenters. The summed E-state index contributed by atoms with van der Waals surface area (Å²) in [5.41, 5.74) is -0.408. The average Bonchev–Trinajstić information content (AvgIpc) is 3.37. The lowest BCUT2D eigenvalue weighted by Gasteiger charge is -2.21. The average molecular weight is 400 g/mol. The lowest BCUT2D eigenvalue weighted by molar-refractivity contribution is -0.132. The SMILES string of the molecule is CCC(=O)N1N=C(c2c(O)n(C)c(=O)n(C)c2=O)CC1c1ccc2c(c1)OCO2. The van der Waals surface area contributed by atoms with Gasteiger partial charge in [0.1, 0.15) is 5.56 Å². The van der Waals surface area contributed by atoms with E-state index in [1.54, 1.807) is 19.1 Å². The van der Waals surface area contributed by atoms with E-state index in [9.17, 15) is 19.5 Å². The minimum absolute atomic E-state index is 0.0910. The quantitative estimate of drug-likeness (QED) is 0.807. The van der Waals surface area contributed by atoms with E-state index in [1.165, 1.54) is 19.1 Å². The standard InChI is InChI=1S/C19H20N4O6/c1-4-15(24)23-12(10-5-6-13-14(7-10)29-9-28-13)8-11(20-23)16-17(25)21(2)19(27)22(3)18(16)26/h5-7,12,25H,4,8-9H2,1-3H3. The molecule has 0 fully saturated rings. The number of amides is 1.